The van der Waals surface area contributed by atoms with Gasteiger partial charge in [0.25, 0.3) is 0 Å². The summed E-state index contributed by atoms with van der Waals surface area (Å²) in [7, 11) is -1.89. The molecule has 0 saturated carbocycles. The van der Waals surface area contributed by atoms with Gasteiger partial charge in [-0.2, -0.15) is 10.5 Å². The standard InChI is InChI=1S/C20H26N2O3Si/c1-20(2,3)26(4,5)25-19-14-23-13-18(19)24-17-8-6-15(7-9-17)10-16(11-21)12-22/h6-10,18-19H,13-14H2,1-5H3. The predicted octanol–water partition coefficient (Wildman–Crippen LogP) is 4.29. The van der Waals surface area contributed by atoms with Crippen molar-refractivity contribution < 1.29 is 13.9 Å². The third kappa shape index (κ3) is 4.95. The molecule has 1 aliphatic heterocycles. The molecule has 0 aliphatic carbocycles. The zero-order valence-corrected chi connectivity index (χ0v) is 17.1. The molecule has 1 aromatic rings. The lowest BCUT2D eigenvalue weighted by Gasteiger charge is -2.39. The number of nitriles is 2. The second-order valence-electron chi connectivity index (χ2n) is 7.96. The highest BCUT2D eigenvalue weighted by Gasteiger charge is 2.43. The van der Waals surface area contributed by atoms with Crippen LogP contribution in [0.15, 0.2) is 29.8 Å². The summed E-state index contributed by atoms with van der Waals surface area (Å²) in [6.45, 7) is 12.2. The first kappa shape index (κ1) is 20.2. The molecular weight excluding hydrogens is 344 g/mol. The number of rotatable bonds is 5. The van der Waals surface area contributed by atoms with Gasteiger partial charge in [0.05, 0.1) is 13.2 Å². The maximum absolute atomic E-state index is 8.82. The fourth-order valence-corrected chi connectivity index (χ4v) is 3.69. The molecule has 0 amide bonds. The quantitative estimate of drug-likeness (QED) is 0.571. The van der Waals surface area contributed by atoms with Crippen molar-refractivity contribution in [3.63, 3.8) is 0 Å². The van der Waals surface area contributed by atoms with E-state index in [0.717, 1.165) is 11.3 Å². The molecule has 1 aliphatic rings. The average Bonchev–Trinajstić information content (AvgIpc) is 2.99. The molecule has 1 fully saturated rings. The molecular formula is C20H26N2O3Si. The summed E-state index contributed by atoms with van der Waals surface area (Å²) >= 11 is 0. The summed E-state index contributed by atoms with van der Waals surface area (Å²) in [5.41, 5.74) is 0.859. The highest BCUT2D eigenvalue weighted by molar-refractivity contribution is 6.74. The summed E-state index contributed by atoms with van der Waals surface area (Å²) in [5, 5.41) is 17.8. The molecule has 6 heteroatoms. The Bertz CT molecular complexity index is 720. The van der Waals surface area contributed by atoms with Gasteiger partial charge in [-0.15, -0.1) is 0 Å². The van der Waals surface area contributed by atoms with E-state index in [1.807, 2.05) is 36.4 Å². The molecule has 2 atom stereocenters. The molecule has 0 aromatic heterocycles. The Balaban J connectivity index is 2.05. The van der Waals surface area contributed by atoms with Crippen LogP contribution in [0.25, 0.3) is 6.08 Å². The van der Waals surface area contributed by atoms with Gasteiger partial charge in [0.1, 0.15) is 35.7 Å². The molecule has 26 heavy (non-hydrogen) atoms. The normalized spacial score (nSPS) is 20.1. The minimum atomic E-state index is -1.89. The van der Waals surface area contributed by atoms with E-state index in [1.165, 1.54) is 0 Å². The van der Waals surface area contributed by atoms with E-state index in [-0.39, 0.29) is 22.8 Å². The van der Waals surface area contributed by atoms with Crippen LogP contribution >= 0.6 is 0 Å². The van der Waals surface area contributed by atoms with Crippen molar-refractivity contribution in [3.8, 4) is 17.9 Å². The van der Waals surface area contributed by atoms with Gasteiger partial charge in [-0.1, -0.05) is 32.9 Å². The number of hydrogen-bond acceptors (Lipinski definition) is 5. The smallest absolute Gasteiger partial charge is 0.192 e. The Morgan fingerprint density at radius 3 is 2.23 bits per heavy atom. The SMILES string of the molecule is CC(C)(C)[Si](C)(C)OC1COCC1Oc1ccc(C=C(C#N)C#N)cc1. The summed E-state index contributed by atoms with van der Waals surface area (Å²) < 4.78 is 18.1. The van der Waals surface area contributed by atoms with Crippen LogP contribution in [-0.4, -0.2) is 33.7 Å². The van der Waals surface area contributed by atoms with Crippen molar-refractivity contribution in [1.82, 2.24) is 0 Å². The Hall–Kier alpha value is -2.12. The number of hydrogen-bond donors (Lipinski definition) is 0. The van der Waals surface area contributed by atoms with Crippen LogP contribution in [-0.2, 0) is 9.16 Å². The van der Waals surface area contributed by atoms with E-state index in [0.29, 0.717) is 13.2 Å². The number of allylic oxidation sites excluding steroid dienone is 1. The predicted molar refractivity (Wildman–Crippen MR) is 103 cm³/mol. The first-order chi connectivity index (χ1) is 12.2. The van der Waals surface area contributed by atoms with Crippen molar-refractivity contribution >= 4 is 14.4 Å². The van der Waals surface area contributed by atoms with Crippen LogP contribution in [0.1, 0.15) is 26.3 Å². The van der Waals surface area contributed by atoms with Crippen LogP contribution in [0.5, 0.6) is 5.75 Å². The number of nitrogens with zero attached hydrogens (tertiary/aromatic N) is 2. The Morgan fingerprint density at radius 2 is 1.69 bits per heavy atom. The van der Waals surface area contributed by atoms with Gasteiger partial charge >= 0.3 is 0 Å². The second-order valence-corrected chi connectivity index (χ2v) is 12.7. The molecule has 5 nitrogen and oxygen atoms in total. The topological polar surface area (TPSA) is 75.3 Å². The Labute approximate surface area is 156 Å². The first-order valence-electron chi connectivity index (χ1n) is 8.70. The molecule has 0 N–H and O–H groups in total. The Morgan fingerprint density at radius 1 is 1.12 bits per heavy atom. The van der Waals surface area contributed by atoms with E-state index in [1.54, 1.807) is 6.08 Å². The first-order valence-corrected chi connectivity index (χ1v) is 11.6. The van der Waals surface area contributed by atoms with Crippen molar-refractivity contribution in [2.45, 2.75) is 51.1 Å². The maximum atomic E-state index is 8.82. The molecule has 1 saturated heterocycles. The molecule has 1 aromatic carbocycles. The molecule has 138 valence electrons. The van der Waals surface area contributed by atoms with Crippen molar-refractivity contribution in [2.24, 2.45) is 0 Å². The largest absolute Gasteiger partial charge is 0.485 e. The third-order valence-corrected chi connectivity index (χ3v) is 9.45. The molecule has 0 radical (unpaired) electrons. The van der Waals surface area contributed by atoms with Gasteiger partial charge in [0.2, 0.25) is 0 Å². The molecule has 0 spiro atoms. The van der Waals surface area contributed by atoms with E-state index >= 15 is 0 Å². The van der Waals surface area contributed by atoms with E-state index < -0.39 is 8.32 Å². The lowest BCUT2D eigenvalue weighted by Crippen LogP contribution is -2.47. The van der Waals surface area contributed by atoms with Crippen LogP contribution in [0.2, 0.25) is 18.1 Å². The van der Waals surface area contributed by atoms with Crippen LogP contribution in [0, 0.1) is 22.7 Å². The van der Waals surface area contributed by atoms with Crippen LogP contribution < -0.4 is 4.74 Å². The third-order valence-electron chi connectivity index (χ3n) is 4.95. The van der Waals surface area contributed by atoms with Gasteiger partial charge in [-0.3, -0.25) is 0 Å². The van der Waals surface area contributed by atoms with Gasteiger partial charge in [-0.05, 0) is 41.9 Å². The monoisotopic (exact) mass is 370 g/mol. The van der Waals surface area contributed by atoms with E-state index in [2.05, 4.69) is 33.9 Å². The molecule has 2 rings (SSSR count). The average molecular weight is 371 g/mol. The maximum Gasteiger partial charge on any atom is 0.192 e. The lowest BCUT2D eigenvalue weighted by atomic mass is 10.1. The zero-order valence-electron chi connectivity index (χ0n) is 16.1. The van der Waals surface area contributed by atoms with Gasteiger partial charge in [0, 0.05) is 0 Å². The Kier molecular flexibility index (Phi) is 6.25. The summed E-state index contributed by atoms with van der Waals surface area (Å²) in [5.74, 6) is 0.719. The van der Waals surface area contributed by atoms with E-state index in [4.69, 9.17) is 24.4 Å². The van der Waals surface area contributed by atoms with Crippen molar-refractivity contribution in [2.75, 3.05) is 13.2 Å². The van der Waals surface area contributed by atoms with Crippen molar-refractivity contribution in [1.29, 1.82) is 10.5 Å². The van der Waals surface area contributed by atoms with Crippen LogP contribution in [0.4, 0.5) is 0 Å². The molecule has 0 bridgehead atoms. The summed E-state index contributed by atoms with van der Waals surface area (Å²) in [6.07, 6.45) is 1.34. The number of benzene rings is 1. The summed E-state index contributed by atoms with van der Waals surface area (Å²) in [6, 6.07) is 11.0. The molecule has 1 heterocycles. The lowest BCUT2D eigenvalue weighted by molar-refractivity contribution is 0.0807. The zero-order chi connectivity index (χ0) is 19.4. The fraction of sp³-hybridized carbons (Fsp3) is 0.500. The van der Waals surface area contributed by atoms with Crippen molar-refractivity contribution in [3.05, 3.63) is 35.4 Å². The fourth-order valence-electron chi connectivity index (χ4n) is 2.36. The van der Waals surface area contributed by atoms with Gasteiger partial charge in [0.15, 0.2) is 8.32 Å². The minimum absolute atomic E-state index is 0.0701. The van der Waals surface area contributed by atoms with Gasteiger partial charge in [-0.25, -0.2) is 0 Å². The second kappa shape index (κ2) is 8.05. The number of ether oxygens (including phenoxy) is 2. The van der Waals surface area contributed by atoms with Crippen LogP contribution in [0.3, 0.4) is 0 Å². The summed E-state index contributed by atoms with van der Waals surface area (Å²) in [4.78, 5) is 0. The van der Waals surface area contributed by atoms with E-state index in [9.17, 15) is 0 Å². The highest BCUT2D eigenvalue weighted by Crippen LogP contribution is 2.38. The van der Waals surface area contributed by atoms with Gasteiger partial charge < -0.3 is 13.9 Å². The molecule has 2 unspecified atom stereocenters. The minimum Gasteiger partial charge on any atom is -0.485 e. The highest BCUT2D eigenvalue weighted by atomic mass is 28.4.